The molecule has 0 bridgehead atoms. The highest BCUT2D eigenvalue weighted by Gasteiger charge is 2.14. The molecule has 6 nitrogen and oxygen atoms in total. The molecule has 0 aromatic heterocycles. The molecule has 0 spiro atoms. The third kappa shape index (κ3) is 4.53. The summed E-state index contributed by atoms with van der Waals surface area (Å²) in [5, 5.41) is 5.54. The summed E-state index contributed by atoms with van der Waals surface area (Å²) in [6.07, 6.45) is 0. The number of rotatable bonds is 6. The van der Waals surface area contributed by atoms with Crippen molar-refractivity contribution in [1.82, 2.24) is 10.6 Å². The van der Waals surface area contributed by atoms with Crippen LogP contribution in [0.5, 0.6) is 17.2 Å². The molecule has 26 heavy (non-hydrogen) atoms. The average Bonchev–Trinajstić information content (AvgIpc) is 3.07. The van der Waals surface area contributed by atoms with Gasteiger partial charge in [0.2, 0.25) is 6.79 Å². The summed E-state index contributed by atoms with van der Waals surface area (Å²) < 4.78 is 39.1. The van der Waals surface area contributed by atoms with E-state index in [2.05, 4.69) is 15.4 Å². The van der Waals surface area contributed by atoms with Crippen molar-refractivity contribution in [3.63, 3.8) is 0 Å². The topological polar surface area (TPSA) is 68.8 Å². The molecule has 1 aliphatic heterocycles. The van der Waals surface area contributed by atoms with Gasteiger partial charge in [0.05, 0.1) is 6.04 Å². The summed E-state index contributed by atoms with van der Waals surface area (Å²) in [6.45, 7) is -0.538. The number of fused-ring (bicyclic) bond motifs is 1. The van der Waals surface area contributed by atoms with Crippen LogP contribution in [0.3, 0.4) is 0 Å². The van der Waals surface area contributed by atoms with Crippen molar-refractivity contribution in [3.05, 3.63) is 53.6 Å². The van der Waals surface area contributed by atoms with Crippen molar-refractivity contribution in [2.75, 3.05) is 6.79 Å². The molecule has 8 heteroatoms. The van der Waals surface area contributed by atoms with Gasteiger partial charge in [-0.2, -0.15) is 8.78 Å². The number of amides is 2. The number of carbonyl (C=O) groups is 1. The normalized spacial score (nSPS) is 13.4. The van der Waals surface area contributed by atoms with Crippen LogP contribution in [0.15, 0.2) is 42.5 Å². The number of carbonyl (C=O) groups excluding carboxylic acids is 1. The largest absolute Gasteiger partial charge is 0.454 e. The van der Waals surface area contributed by atoms with E-state index in [1.54, 1.807) is 25.1 Å². The Morgan fingerprint density at radius 1 is 1.15 bits per heavy atom. The zero-order valence-electron chi connectivity index (χ0n) is 14.0. The van der Waals surface area contributed by atoms with Gasteiger partial charge in [0.15, 0.2) is 11.5 Å². The van der Waals surface area contributed by atoms with Crippen LogP contribution < -0.4 is 24.8 Å². The fourth-order valence-electron chi connectivity index (χ4n) is 2.50. The quantitative estimate of drug-likeness (QED) is 0.822. The maximum Gasteiger partial charge on any atom is 0.387 e. The molecule has 0 saturated heterocycles. The molecule has 1 heterocycles. The number of halogens is 2. The molecule has 1 atom stereocenters. The Bertz CT molecular complexity index is 768. The number of alkyl halides is 2. The number of hydrogen-bond donors (Lipinski definition) is 2. The SMILES string of the molecule is CC(NC(=O)NCc1ccc2c(c1)OCO2)c1ccc(OC(F)F)cc1. The van der Waals surface area contributed by atoms with Gasteiger partial charge in [0.25, 0.3) is 0 Å². The lowest BCUT2D eigenvalue weighted by Gasteiger charge is -2.16. The molecule has 138 valence electrons. The second-order valence-electron chi connectivity index (χ2n) is 5.68. The van der Waals surface area contributed by atoms with Crippen molar-refractivity contribution in [2.24, 2.45) is 0 Å². The third-order valence-corrected chi connectivity index (χ3v) is 3.84. The van der Waals surface area contributed by atoms with Gasteiger partial charge in [-0.25, -0.2) is 4.79 Å². The van der Waals surface area contributed by atoms with Crippen molar-refractivity contribution in [3.8, 4) is 17.2 Å². The molecule has 3 rings (SSSR count). The standard InChI is InChI=1S/C18H18F2N2O4/c1-11(13-3-5-14(6-4-13)26-17(19)20)22-18(23)21-9-12-2-7-15-16(8-12)25-10-24-15/h2-8,11,17H,9-10H2,1H3,(H2,21,22,23). The Morgan fingerprint density at radius 2 is 1.88 bits per heavy atom. The zero-order chi connectivity index (χ0) is 18.5. The molecule has 1 unspecified atom stereocenters. The molecule has 2 N–H and O–H groups in total. The highest BCUT2D eigenvalue weighted by atomic mass is 19.3. The predicted molar refractivity (Wildman–Crippen MR) is 89.4 cm³/mol. The first-order valence-corrected chi connectivity index (χ1v) is 7.99. The Morgan fingerprint density at radius 3 is 2.62 bits per heavy atom. The summed E-state index contributed by atoms with van der Waals surface area (Å²) >= 11 is 0. The van der Waals surface area contributed by atoms with Crippen LogP contribution in [0.1, 0.15) is 24.1 Å². The summed E-state index contributed by atoms with van der Waals surface area (Å²) in [5.74, 6) is 1.42. The van der Waals surface area contributed by atoms with Gasteiger partial charge in [-0.3, -0.25) is 0 Å². The molecular weight excluding hydrogens is 346 g/mol. The van der Waals surface area contributed by atoms with Gasteiger partial charge >= 0.3 is 12.6 Å². The molecule has 2 aromatic carbocycles. The first-order chi connectivity index (χ1) is 12.5. The molecule has 0 fully saturated rings. The number of nitrogens with one attached hydrogen (secondary N) is 2. The molecule has 2 amide bonds. The van der Waals surface area contributed by atoms with Crippen molar-refractivity contribution in [1.29, 1.82) is 0 Å². The van der Waals surface area contributed by atoms with Crippen LogP contribution in [0.25, 0.3) is 0 Å². The minimum absolute atomic E-state index is 0.0724. The van der Waals surface area contributed by atoms with Crippen molar-refractivity contribution < 1.29 is 27.8 Å². The lowest BCUT2D eigenvalue weighted by atomic mass is 10.1. The van der Waals surface area contributed by atoms with E-state index in [0.717, 1.165) is 11.1 Å². The van der Waals surface area contributed by atoms with Crippen LogP contribution in [0, 0.1) is 0 Å². The molecule has 1 aliphatic rings. The number of ether oxygens (including phenoxy) is 3. The third-order valence-electron chi connectivity index (χ3n) is 3.84. The van der Waals surface area contributed by atoms with Crippen LogP contribution in [0.2, 0.25) is 0 Å². The monoisotopic (exact) mass is 364 g/mol. The Labute approximate surface area is 149 Å². The van der Waals surface area contributed by atoms with Crippen molar-refractivity contribution in [2.45, 2.75) is 26.1 Å². The average molecular weight is 364 g/mol. The van der Waals surface area contributed by atoms with E-state index < -0.39 is 6.61 Å². The van der Waals surface area contributed by atoms with Crippen LogP contribution in [0.4, 0.5) is 13.6 Å². The fraction of sp³-hybridized carbons (Fsp3) is 0.278. The van der Waals surface area contributed by atoms with Crippen LogP contribution >= 0.6 is 0 Å². The van der Waals surface area contributed by atoms with Gasteiger partial charge in [0, 0.05) is 6.54 Å². The lowest BCUT2D eigenvalue weighted by molar-refractivity contribution is -0.0498. The number of urea groups is 1. The van der Waals surface area contributed by atoms with Gasteiger partial charge < -0.3 is 24.8 Å². The van der Waals surface area contributed by atoms with Gasteiger partial charge in [0.1, 0.15) is 5.75 Å². The van der Waals surface area contributed by atoms with E-state index in [1.165, 1.54) is 12.1 Å². The van der Waals surface area contributed by atoms with Crippen molar-refractivity contribution >= 4 is 6.03 Å². The lowest BCUT2D eigenvalue weighted by Crippen LogP contribution is -2.36. The van der Waals surface area contributed by atoms with Gasteiger partial charge in [-0.1, -0.05) is 18.2 Å². The summed E-state index contributed by atoms with van der Waals surface area (Å²) in [6, 6.07) is 10.9. The van der Waals surface area contributed by atoms with E-state index in [9.17, 15) is 13.6 Å². The first-order valence-electron chi connectivity index (χ1n) is 7.99. The van der Waals surface area contributed by atoms with Gasteiger partial charge in [-0.15, -0.1) is 0 Å². The Balaban J connectivity index is 1.49. The summed E-state index contributed by atoms with van der Waals surface area (Å²) in [5.41, 5.74) is 1.65. The maximum atomic E-state index is 12.1. The summed E-state index contributed by atoms with van der Waals surface area (Å²) in [7, 11) is 0. The van der Waals surface area contributed by atoms with E-state index >= 15 is 0 Å². The fourth-order valence-corrected chi connectivity index (χ4v) is 2.50. The predicted octanol–water partition coefficient (Wildman–Crippen LogP) is 3.58. The van der Waals surface area contributed by atoms with E-state index in [0.29, 0.717) is 18.0 Å². The number of hydrogen-bond acceptors (Lipinski definition) is 4. The summed E-state index contributed by atoms with van der Waals surface area (Å²) in [4.78, 5) is 12.0. The minimum Gasteiger partial charge on any atom is -0.454 e. The highest BCUT2D eigenvalue weighted by Crippen LogP contribution is 2.32. The number of benzene rings is 2. The molecule has 2 aromatic rings. The second-order valence-corrected chi connectivity index (χ2v) is 5.68. The molecular formula is C18H18F2N2O4. The van der Waals surface area contributed by atoms with E-state index in [4.69, 9.17) is 9.47 Å². The Hall–Kier alpha value is -3.03. The zero-order valence-corrected chi connectivity index (χ0v) is 14.0. The second kappa shape index (κ2) is 7.90. The van der Waals surface area contributed by atoms with E-state index in [-0.39, 0.29) is 24.6 Å². The minimum atomic E-state index is -2.86. The Kier molecular flexibility index (Phi) is 5.40. The van der Waals surface area contributed by atoms with Crippen LogP contribution in [-0.2, 0) is 6.54 Å². The highest BCUT2D eigenvalue weighted by molar-refractivity contribution is 5.74. The molecule has 0 saturated carbocycles. The van der Waals surface area contributed by atoms with Crippen LogP contribution in [-0.4, -0.2) is 19.4 Å². The molecule has 0 aliphatic carbocycles. The maximum absolute atomic E-state index is 12.1. The molecule has 0 radical (unpaired) electrons. The smallest absolute Gasteiger partial charge is 0.387 e. The first kappa shape index (κ1) is 17.8. The van der Waals surface area contributed by atoms with Gasteiger partial charge in [-0.05, 0) is 42.3 Å². The van der Waals surface area contributed by atoms with E-state index in [1.807, 2.05) is 12.1 Å².